The molecule has 2 saturated heterocycles. The van der Waals surface area contributed by atoms with Gasteiger partial charge in [-0.1, -0.05) is 36.4 Å². The lowest BCUT2D eigenvalue weighted by molar-refractivity contribution is -0.155. The van der Waals surface area contributed by atoms with Crippen LogP contribution in [0.15, 0.2) is 42.7 Å². The van der Waals surface area contributed by atoms with Gasteiger partial charge in [0.25, 0.3) is 0 Å². The fourth-order valence-electron chi connectivity index (χ4n) is 4.09. The Morgan fingerprint density at radius 2 is 2.00 bits per heavy atom. The van der Waals surface area contributed by atoms with Crippen molar-refractivity contribution >= 4 is 5.97 Å². The number of aliphatic hydroxyl groups is 2. The summed E-state index contributed by atoms with van der Waals surface area (Å²) in [7, 11) is 1.97. The van der Waals surface area contributed by atoms with Crippen LogP contribution in [0.3, 0.4) is 0 Å². The minimum atomic E-state index is -0.687. The number of hydrogen-bond acceptors (Lipinski definition) is 6. The summed E-state index contributed by atoms with van der Waals surface area (Å²) in [6.07, 6.45) is 3.31. The lowest BCUT2D eigenvalue weighted by Crippen LogP contribution is -2.46. The number of aliphatic hydroxyl groups excluding tert-OH is 2. The number of allylic oxidation sites excluding steroid dienone is 1. The second-order valence-corrected chi connectivity index (χ2v) is 7.04. The fraction of sp³-hybridized carbons (Fsp3) is 0.550. The van der Waals surface area contributed by atoms with Crippen LogP contribution in [0.5, 0.6) is 0 Å². The molecule has 0 amide bonds. The van der Waals surface area contributed by atoms with Gasteiger partial charge in [0.15, 0.2) is 0 Å². The van der Waals surface area contributed by atoms with E-state index in [0.717, 1.165) is 5.56 Å². The number of piperidine rings is 1. The molecule has 1 aromatic carbocycles. The van der Waals surface area contributed by atoms with Crippen molar-refractivity contribution in [3.05, 3.63) is 48.2 Å². The van der Waals surface area contributed by atoms with Gasteiger partial charge in [-0.2, -0.15) is 0 Å². The molecule has 0 aromatic heterocycles. The molecule has 1 unspecified atom stereocenters. The maximum absolute atomic E-state index is 12.6. The number of likely N-dealkylation sites (N-methyl/N-ethyl adjacent to an activating group) is 1. The van der Waals surface area contributed by atoms with E-state index < -0.39 is 18.0 Å². The Morgan fingerprint density at radius 3 is 2.65 bits per heavy atom. The number of benzene rings is 1. The molecule has 26 heavy (non-hydrogen) atoms. The molecular formula is C20H27NO5. The zero-order chi connectivity index (χ0) is 18.7. The number of carbonyl (C=O) groups is 1. The third-order valence-electron chi connectivity index (χ3n) is 5.49. The molecule has 0 aliphatic carbocycles. The molecule has 2 bridgehead atoms. The third kappa shape index (κ3) is 3.63. The molecule has 2 N–H and O–H groups in total. The van der Waals surface area contributed by atoms with E-state index in [1.54, 1.807) is 12.3 Å². The number of esters is 1. The van der Waals surface area contributed by atoms with Crippen LogP contribution in [0.4, 0.5) is 0 Å². The van der Waals surface area contributed by atoms with Gasteiger partial charge in [0.2, 0.25) is 0 Å². The Hall–Kier alpha value is -1.89. The van der Waals surface area contributed by atoms with Crippen LogP contribution in [0, 0.1) is 0 Å². The van der Waals surface area contributed by atoms with Gasteiger partial charge in [-0.05, 0) is 19.5 Å². The van der Waals surface area contributed by atoms with Gasteiger partial charge < -0.3 is 19.7 Å². The summed E-state index contributed by atoms with van der Waals surface area (Å²) in [4.78, 5) is 14.7. The number of ether oxygens (including phenoxy) is 2. The predicted molar refractivity (Wildman–Crippen MR) is 96.4 cm³/mol. The summed E-state index contributed by atoms with van der Waals surface area (Å²) in [5.74, 6) is -1.11. The molecular weight excluding hydrogens is 334 g/mol. The normalized spacial score (nSPS) is 32.5. The summed E-state index contributed by atoms with van der Waals surface area (Å²) in [6, 6.07) is 9.04. The molecule has 0 spiro atoms. The van der Waals surface area contributed by atoms with Gasteiger partial charge in [0.1, 0.15) is 24.2 Å². The van der Waals surface area contributed by atoms with Gasteiger partial charge in [0.05, 0.1) is 18.9 Å². The molecule has 3 rings (SSSR count). The molecule has 6 nitrogen and oxygen atoms in total. The van der Waals surface area contributed by atoms with E-state index in [9.17, 15) is 15.0 Å². The molecule has 2 aliphatic rings. The monoisotopic (exact) mass is 361 g/mol. The molecule has 2 heterocycles. The zero-order valence-corrected chi connectivity index (χ0v) is 15.2. The summed E-state index contributed by atoms with van der Waals surface area (Å²) in [5, 5.41) is 20.2. The van der Waals surface area contributed by atoms with Crippen molar-refractivity contribution in [3.8, 4) is 0 Å². The first-order valence-electron chi connectivity index (χ1n) is 9.09. The number of fused-ring (bicyclic) bond motifs is 2. The van der Waals surface area contributed by atoms with Crippen molar-refractivity contribution in [1.82, 2.24) is 4.90 Å². The molecule has 2 fully saturated rings. The first-order valence-corrected chi connectivity index (χ1v) is 9.09. The summed E-state index contributed by atoms with van der Waals surface area (Å²) in [5.41, 5.74) is 0.741. The van der Waals surface area contributed by atoms with E-state index in [0.29, 0.717) is 12.8 Å². The minimum Gasteiger partial charge on any atom is -0.494 e. The number of carbonyl (C=O) groups excluding carboxylic acids is 1. The number of hydrogen-bond donors (Lipinski definition) is 2. The van der Waals surface area contributed by atoms with Crippen LogP contribution in [0.2, 0.25) is 0 Å². The highest BCUT2D eigenvalue weighted by Crippen LogP contribution is 2.38. The van der Waals surface area contributed by atoms with Gasteiger partial charge in [-0.15, -0.1) is 0 Å². The lowest BCUT2D eigenvalue weighted by atomic mass is 9.98. The minimum absolute atomic E-state index is 0.0120. The standard InChI is InChI=1S/C20H27NO5/c1-3-9-25-19-17-11-14(10-16(18(19)23)21(17)2)26-20(24)15(12-22)13-7-5-4-6-8-13/h3-9,14-19,22-23H,10-12H2,1-2H3/t14-,15?,16-,17+,18-,19+/m0/s1. The van der Waals surface area contributed by atoms with Crippen LogP contribution in [0.1, 0.15) is 31.2 Å². The maximum atomic E-state index is 12.6. The average Bonchev–Trinajstić information content (AvgIpc) is 2.77. The Labute approximate surface area is 154 Å². The average molecular weight is 361 g/mol. The Balaban J connectivity index is 1.67. The SMILES string of the molecule is CC=CO[C@H]1[C@@H](O)[C@@H]2C[C@H](OC(=O)C(CO)c3ccccc3)C[C@H]1N2C. The maximum Gasteiger partial charge on any atom is 0.316 e. The van der Waals surface area contributed by atoms with Crippen molar-refractivity contribution in [1.29, 1.82) is 0 Å². The van der Waals surface area contributed by atoms with Crippen LogP contribution >= 0.6 is 0 Å². The Bertz CT molecular complexity index is 634. The molecule has 142 valence electrons. The zero-order valence-electron chi connectivity index (χ0n) is 15.2. The van der Waals surface area contributed by atoms with E-state index in [-0.39, 0.29) is 30.9 Å². The van der Waals surface area contributed by atoms with Crippen molar-refractivity contribution in [2.24, 2.45) is 0 Å². The molecule has 0 radical (unpaired) electrons. The Morgan fingerprint density at radius 1 is 1.31 bits per heavy atom. The molecule has 6 heteroatoms. The van der Waals surface area contributed by atoms with E-state index >= 15 is 0 Å². The van der Waals surface area contributed by atoms with Gasteiger partial charge in [0, 0.05) is 18.9 Å². The summed E-state index contributed by atoms with van der Waals surface area (Å²) in [6.45, 7) is 1.57. The highest BCUT2D eigenvalue weighted by Gasteiger charge is 2.53. The summed E-state index contributed by atoms with van der Waals surface area (Å²) >= 11 is 0. The van der Waals surface area contributed by atoms with Crippen molar-refractivity contribution in [2.75, 3.05) is 13.7 Å². The topological polar surface area (TPSA) is 79.2 Å². The van der Waals surface area contributed by atoms with Crippen LogP contribution in [0.25, 0.3) is 0 Å². The molecule has 1 aromatic rings. The first-order chi connectivity index (χ1) is 12.6. The fourth-order valence-corrected chi connectivity index (χ4v) is 4.09. The second kappa shape index (κ2) is 8.20. The van der Waals surface area contributed by atoms with E-state index in [2.05, 4.69) is 4.90 Å². The van der Waals surface area contributed by atoms with Crippen molar-refractivity contribution < 1.29 is 24.5 Å². The molecule has 6 atom stereocenters. The van der Waals surface area contributed by atoms with E-state index in [1.165, 1.54) is 0 Å². The van der Waals surface area contributed by atoms with Crippen molar-refractivity contribution in [2.45, 2.75) is 56.1 Å². The molecule has 2 aliphatic heterocycles. The van der Waals surface area contributed by atoms with Crippen LogP contribution in [-0.2, 0) is 14.3 Å². The Kier molecular flexibility index (Phi) is 5.96. The van der Waals surface area contributed by atoms with E-state index in [4.69, 9.17) is 9.47 Å². The highest BCUT2D eigenvalue weighted by molar-refractivity contribution is 5.78. The quantitative estimate of drug-likeness (QED) is 0.589. The first kappa shape index (κ1) is 18.9. The second-order valence-electron chi connectivity index (χ2n) is 7.04. The van der Waals surface area contributed by atoms with Crippen LogP contribution in [-0.4, -0.2) is 65.1 Å². The number of nitrogens with zero attached hydrogens (tertiary/aromatic N) is 1. The predicted octanol–water partition coefficient (Wildman–Crippen LogP) is 1.43. The third-order valence-corrected chi connectivity index (χ3v) is 5.49. The number of rotatable bonds is 6. The van der Waals surface area contributed by atoms with Crippen LogP contribution < -0.4 is 0 Å². The van der Waals surface area contributed by atoms with Crippen molar-refractivity contribution in [3.63, 3.8) is 0 Å². The van der Waals surface area contributed by atoms with E-state index in [1.807, 2.05) is 44.3 Å². The summed E-state index contributed by atoms with van der Waals surface area (Å²) < 4.78 is 11.4. The highest BCUT2D eigenvalue weighted by atomic mass is 16.5. The molecule has 0 saturated carbocycles. The van der Waals surface area contributed by atoms with Gasteiger partial charge in [-0.25, -0.2) is 0 Å². The lowest BCUT2D eigenvalue weighted by Gasteiger charge is -2.36. The van der Waals surface area contributed by atoms with Gasteiger partial charge in [-0.3, -0.25) is 9.69 Å². The largest absolute Gasteiger partial charge is 0.494 e. The smallest absolute Gasteiger partial charge is 0.316 e. The van der Waals surface area contributed by atoms with Gasteiger partial charge >= 0.3 is 5.97 Å².